The number of para-hydroxylation sites is 1. The molecule has 6 heteroatoms. The van der Waals surface area contributed by atoms with E-state index in [1.54, 1.807) is 23.5 Å². The Morgan fingerprint density at radius 1 is 1.15 bits per heavy atom. The molecule has 1 aliphatic heterocycles. The van der Waals surface area contributed by atoms with Crippen molar-refractivity contribution >= 4 is 44.2 Å². The van der Waals surface area contributed by atoms with Gasteiger partial charge < -0.3 is 10.2 Å². The second-order valence-corrected chi connectivity index (χ2v) is 8.00. The number of rotatable bonds is 4. The number of carbonyl (C=O) groups is 1. The Balaban J connectivity index is 1.31. The molecule has 0 radical (unpaired) electrons. The van der Waals surface area contributed by atoms with Gasteiger partial charge in [0, 0.05) is 19.6 Å². The van der Waals surface area contributed by atoms with Crippen LogP contribution in [-0.2, 0) is 0 Å². The van der Waals surface area contributed by atoms with Crippen molar-refractivity contribution in [3.63, 3.8) is 0 Å². The Kier molecular flexibility index (Phi) is 5.09. The van der Waals surface area contributed by atoms with Crippen LogP contribution in [0.3, 0.4) is 0 Å². The van der Waals surface area contributed by atoms with Crippen molar-refractivity contribution in [3.8, 4) is 0 Å². The molecular weight excluding hydrogens is 366 g/mol. The second kappa shape index (κ2) is 7.64. The minimum Gasteiger partial charge on any atom is -0.352 e. The Morgan fingerprint density at radius 3 is 2.65 bits per heavy atom. The Morgan fingerprint density at radius 2 is 1.88 bits per heavy atom. The molecular formula is C20H20ClN3OS. The first-order chi connectivity index (χ1) is 12.7. The van der Waals surface area contributed by atoms with E-state index in [2.05, 4.69) is 28.4 Å². The summed E-state index contributed by atoms with van der Waals surface area (Å²) in [6.07, 6.45) is 2.11. The van der Waals surface area contributed by atoms with E-state index < -0.39 is 0 Å². The first kappa shape index (κ1) is 17.3. The van der Waals surface area contributed by atoms with Crippen LogP contribution in [0, 0.1) is 5.92 Å². The number of hydrogen-bond donors (Lipinski definition) is 1. The number of anilines is 1. The fourth-order valence-electron chi connectivity index (χ4n) is 3.30. The first-order valence-corrected chi connectivity index (χ1v) is 10.0. The van der Waals surface area contributed by atoms with Gasteiger partial charge in [0.1, 0.15) is 0 Å². The number of hydrogen-bond acceptors (Lipinski definition) is 4. The molecule has 0 bridgehead atoms. The summed E-state index contributed by atoms with van der Waals surface area (Å²) in [5.41, 5.74) is 1.61. The molecule has 1 saturated heterocycles. The van der Waals surface area contributed by atoms with Crippen molar-refractivity contribution in [1.29, 1.82) is 0 Å². The van der Waals surface area contributed by atoms with E-state index in [0.29, 0.717) is 23.0 Å². The van der Waals surface area contributed by atoms with E-state index in [-0.39, 0.29) is 5.91 Å². The molecule has 26 heavy (non-hydrogen) atoms. The highest BCUT2D eigenvalue weighted by Gasteiger charge is 2.22. The smallest absolute Gasteiger partial charge is 0.252 e. The fourth-order valence-corrected chi connectivity index (χ4v) is 4.54. The molecule has 2 aromatic carbocycles. The third-order valence-corrected chi connectivity index (χ3v) is 6.26. The van der Waals surface area contributed by atoms with Crippen molar-refractivity contribution < 1.29 is 4.79 Å². The van der Waals surface area contributed by atoms with Crippen LogP contribution in [0.15, 0.2) is 48.5 Å². The molecule has 3 aromatic rings. The third-order valence-electron chi connectivity index (χ3n) is 4.84. The van der Waals surface area contributed by atoms with Gasteiger partial charge in [0.2, 0.25) is 0 Å². The Bertz CT molecular complexity index is 885. The lowest BCUT2D eigenvalue weighted by molar-refractivity contribution is 0.0945. The molecule has 4 rings (SSSR count). The number of nitrogens with zero attached hydrogens (tertiary/aromatic N) is 2. The monoisotopic (exact) mass is 385 g/mol. The number of piperidine rings is 1. The number of amides is 1. The number of aromatic nitrogens is 1. The zero-order chi connectivity index (χ0) is 17.9. The van der Waals surface area contributed by atoms with Gasteiger partial charge in [-0.1, -0.05) is 47.2 Å². The van der Waals surface area contributed by atoms with Crippen LogP contribution < -0.4 is 10.2 Å². The lowest BCUT2D eigenvalue weighted by atomic mass is 9.97. The van der Waals surface area contributed by atoms with Gasteiger partial charge in [-0.15, -0.1) is 0 Å². The van der Waals surface area contributed by atoms with Crippen LogP contribution in [0.2, 0.25) is 5.02 Å². The van der Waals surface area contributed by atoms with Crippen molar-refractivity contribution in [2.24, 2.45) is 5.92 Å². The molecule has 1 amide bonds. The average molecular weight is 386 g/mol. The quantitative estimate of drug-likeness (QED) is 0.714. The maximum absolute atomic E-state index is 12.3. The zero-order valence-corrected chi connectivity index (χ0v) is 15.9. The van der Waals surface area contributed by atoms with Gasteiger partial charge in [-0.3, -0.25) is 4.79 Å². The Labute approximate surface area is 161 Å². The normalized spacial score (nSPS) is 15.3. The summed E-state index contributed by atoms with van der Waals surface area (Å²) in [5.74, 6) is 0.399. The minimum absolute atomic E-state index is 0.0933. The molecule has 2 heterocycles. The van der Waals surface area contributed by atoms with Gasteiger partial charge in [0.25, 0.3) is 5.91 Å². The van der Waals surface area contributed by atoms with Crippen LogP contribution in [0.4, 0.5) is 5.13 Å². The van der Waals surface area contributed by atoms with E-state index in [0.717, 1.165) is 36.6 Å². The van der Waals surface area contributed by atoms with Gasteiger partial charge >= 0.3 is 0 Å². The summed E-state index contributed by atoms with van der Waals surface area (Å²) in [7, 11) is 0. The number of nitrogens with one attached hydrogen (secondary N) is 1. The number of carbonyl (C=O) groups excluding carboxylic acids is 1. The van der Waals surface area contributed by atoms with Crippen LogP contribution >= 0.6 is 22.9 Å². The summed E-state index contributed by atoms with van der Waals surface area (Å²) in [6.45, 7) is 2.65. The molecule has 0 saturated carbocycles. The highest BCUT2D eigenvalue weighted by molar-refractivity contribution is 7.22. The topological polar surface area (TPSA) is 45.2 Å². The SMILES string of the molecule is O=C(NCC1CCN(c2nc3ccccc3s2)CC1)c1ccccc1Cl. The highest BCUT2D eigenvalue weighted by atomic mass is 35.5. The van der Waals surface area contributed by atoms with Gasteiger partial charge in [0.05, 0.1) is 20.8 Å². The predicted molar refractivity (Wildman–Crippen MR) is 108 cm³/mol. The molecule has 4 nitrogen and oxygen atoms in total. The highest BCUT2D eigenvalue weighted by Crippen LogP contribution is 2.31. The maximum atomic E-state index is 12.3. The van der Waals surface area contributed by atoms with E-state index in [9.17, 15) is 4.79 Å². The molecule has 0 aliphatic carbocycles. The predicted octanol–water partition coefficient (Wildman–Crippen LogP) is 4.60. The van der Waals surface area contributed by atoms with Crippen LogP contribution in [-0.4, -0.2) is 30.5 Å². The molecule has 0 spiro atoms. The maximum Gasteiger partial charge on any atom is 0.252 e. The fraction of sp³-hybridized carbons (Fsp3) is 0.300. The molecule has 1 fully saturated rings. The van der Waals surface area contributed by atoms with Crippen LogP contribution in [0.1, 0.15) is 23.2 Å². The summed E-state index contributed by atoms with van der Waals surface area (Å²) >= 11 is 7.84. The largest absolute Gasteiger partial charge is 0.352 e. The first-order valence-electron chi connectivity index (χ1n) is 8.84. The number of halogens is 1. The van der Waals surface area contributed by atoms with Gasteiger partial charge in [-0.2, -0.15) is 0 Å². The molecule has 1 N–H and O–H groups in total. The van der Waals surface area contributed by atoms with Crippen LogP contribution in [0.5, 0.6) is 0 Å². The summed E-state index contributed by atoms with van der Waals surface area (Å²) in [5, 5.41) is 4.63. The van der Waals surface area contributed by atoms with E-state index >= 15 is 0 Å². The standard InChI is InChI=1S/C20H20ClN3OS/c21-16-6-2-1-5-15(16)19(25)22-13-14-9-11-24(12-10-14)20-23-17-7-3-4-8-18(17)26-20/h1-8,14H,9-13H2,(H,22,25). The van der Waals surface area contributed by atoms with E-state index in [1.807, 2.05) is 18.2 Å². The van der Waals surface area contributed by atoms with E-state index in [4.69, 9.17) is 16.6 Å². The molecule has 1 aromatic heterocycles. The van der Waals surface area contributed by atoms with Crippen molar-refractivity contribution in [2.45, 2.75) is 12.8 Å². The van der Waals surface area contributed by atoms with Crippen molar-refractivity contribution in [1.82, 2.24) is 10.3 Å². The summed E-state index contributed by atoms with van der Waals surface area (Å²) < 4.78 is 1.23. The van der Waals surface area contributed by atoms with Crippen molar-refractivity contribution in [3.05, 3.63) is 59.1 Å². The van der Waals surface area contributed by atoms with Gasteiger partial charge in [-0.25, -0.2) is 4.98 Å². The molecule has 0 atom stereocenters. The summed E-state index contributed by atoms with van der Waals surface area (Å²) in [6, 6.07) is 15.4. The minimum atomic E-state index is -0.0933. The van der Waals surface area contributed by atoms with Gasteiger partial charge in [-0.05, 0) is 43.0 Å². The van der Waals surface area contributed by atoms with Gasteiger partial charge in [0.15, 0.2) is 5.13 Å². The number of thiazole rings is 1. The average Bonchev–Trinajstić information content (AvgIpc) is 3.11. The molecule has 0 unspecified atom stereocenters. The second-order valence-electron chi connectivity index (χ2n) is 6.58. The van der Waals surface area contributed by atoms with Crippen LogP contribution in [0.25, 0.3) is 10.2 Å². The zero-order valence-electron chi connectivity index (χ0n) is 14.3. The lowest BCUT2D eigenvalue weighted by Crippen LogP contribution is -2.38. The Hall–Kier alpha value is -2.11. The van der Waals surface area contributed by atoms with Crippen molar-refractivity contribution in [2.75, 3.05) is 24.5 Å². The lowest BCUT2D eigenvalue weighted by Gasteiger charge is -2.31. The molecule has 134 valence electrons. The third kappa shape index (κ3) is 3.69. The summed E-state index contributed by atoms with van der Waals surface area (Å²) in [4.78, 5) is 19.4. The number of benzene rings is 2. The molecule has 1 aliphatic rings. The number of fused-ring (bicyclic) bond motifs is 1. The van der Waals surface area contributed by atoms with E-state index in [1.165, 1.54) is 4.70 Å².